The Balaban J connectivity index is 2.56. The molecule has 0 fully saturated rings. The first-order valence-corrected chi connectivity index (χ1v) is 6.36. The van der Waals surface area contributed by atoms with Crippen LogP contribution in [-0.2, 0) is 0 Å². The zero-order chi connectivity index (χ0) is 13.8. The number of allylic oxidation sites excluding steroid dienone is 1. The highest BCUT2D eigenvalue weighted by molar-refractivity contribution is 6.53. The van der Waals surface area contributed by atoms with Gasteiger partial charge in [-0.1, -0.05) is 29.3 Å². The lowest BCUT2D eigenvalue weighted by molar-refractivity contribution is 1.32. The number of rotatable bonds is 2. The van der Waals surface area contributed by atoms with Gasteiger partial charge in [-0.25, -0.2) is 0 Å². The molecule has 2 aromatic rings. The molecule has 19 heavy (non-hydrogen) atoms. The first kappa shape index (κ1) is 13.6. The van der Waals surface area contributed by atoms with Crippen LogP contribution < -0.4 is 0 Å². The van der Waals surface area contributed by atoms with E-state index in [2.05, 4.69) is 11.1 Å². The smallest absolute Gasteiger partial charge is 0.101 e. The SMILES string of the molecule is Cc1cc(/C(Cl)=C(/C#N)c2ccncc2)ccc1Cl. The summed E-state index contributed by atoms with van der Waals surface area (Å²) in [5.74, 6) is 0. The molecule has 0 amide bonds. The summed E-state index contributed by atoms with van der Waals surface area (Å²) in [6, 6.07) is 11.1. The van der Waals surface area contributed by atoms with Gasteiger partial charge >= 0.3 is 0 Å². The topological polar surface area (TPSA) is 36.7 Å². The van der Waals surface area contributed by atoms with Crippen molar-refractivity contribution in [3.05, 3.63) is 64.4 Å². The maximum atomic E-state index is 9.30. The van der Waals surface area contributed by atoms with E-state index < -0.39 is 0 Å². The Morgan fingerprint density at radius 2 is 1.84 bits per heavy atom. The second kappa shape index (κ2) is 5.88. The van der Waals surface area contributed by atoms with Gasteiger partial charge in [-0.2, -0.15) is 5.26 Å². The first-order chi connectivity index (χ1) is 9.13. The summed E-state index contributed by atoms with van der Waals surface area (Å²) >= 11 is 12.3. The second-order valence-electron chi connectivity index (χ2n) is 4.00. The largest absolute Gasteiger partial charge is 0.265 e. The van der Waals surface area contributed by atoms with E-state index in [0.717, 1.165) is 16.7 Å². The Morgan fingerprint density at radius 1 is 1.16 bits per heavy atom. The van der Waals surface area contributed by atoms with Gasteiger partial charge in [0.05, 0.1) is 10.6 Å². The van der Waals surface area contributed by atoms with Gasteiger partial charge in [0.1, 0.15) is 6.07 Å². The fourth-order valence-corrected chi connectivity index (χ4v) is 2.07. The Hall–Kier alpha value is -1.82. The van der Waals surface area contributed by atoms with E-state index in [-0.39, 0.29) is 0 Å². The van der Waals surface area contributed by atoms with Crippen molar-refractivity contribution in [3.63, 3.8) is 0 Å². The number of nitrogens with zero attached hydrogens (tertiary/aromatic N) is 2. The van der Waals surface area contributed by atoms with Gasteiger partial charge in [-0.05, 0) is 47.9 Å². The van der Waals surface area contributed by atoms with Crippen LogP contribution in [-0.4, -0.2) is 4.98 Å². The van der Waals surface area contributed by atoms with Crippen molar-refractivity contribution in [2.75, 3.05) is 0 Å². The van der Waals surface area contributed by atoms with Crippen LogP contribution in [0.25, 0.3) is 10.6 Å². The molecule has 0 saturated carbocycles. The molecule has 0 saturated heterocycles. The van der Waals surface area contributed by atoms with E-state index in [0.29, 0.717) is 15.6 Å². The number of nitriles is 1. The summed E-state index contributed by atoms with van der Waals surface area (Å²) in [5.41, 5.74) is 2.86. The molecule has 0 aliphatic carbocycles. The maximum absolute atomic E-state index is 9.30. The molecule has 0 bridgehead atoms. The molecule has 0 aliphatic heterocycles. The van der Waals surface area contributed by atoms with Crippen molar-refractivity contribution in [3.8, 4) is 6.07 Å². The second-order valence-corrected chi connectivity index (χ2v) is 4.79. The van der Waals surface area contributed by atoms with Crippen LogP contribution in [0.3, 0.4) is 0 Å². The van der Waals surface area contributed by atoms with Crippen molar-refractivity contribution in [2.24, 2.45) is 0 Å². The van der Waals surface area contributed by atoms with Crippen molar-refractivity contribution >= 4 is 33.8 Å². The van der Waals surface area contributed by atoms with Crippen LogP contribution in [0.4, 0.5) is 0 Å². The fourth-order valence-electron chi connectivity index (χ4n) is 1.68. The van der Waals surface area contributed by atoms with Crippen molar-refractivity contribution < 1.29 is 0 Å². The molecular weight excluding hydrogens is 279 g/mol. The third kappa shape index (κ3) is 2.96. The average Bonchev–Trinajstić information content (AvgIpc) is 2.44. The Morgan fingerprint density at radius 3 is 2.42 bits per heavy atom. The molecule has 2 rings (SSSR count). The van der Waals surface area contributed by atoms with Gasteiger partial charge in [0.15, 0.2) is 0 Å². The summed E-state index contributed by atoms with van der Waals surface area (Å²) in [6.07, 6.45) is 3.26. The number of benzene rings is 1. The van der Waals surface area contributed by atoms with Gasteiger partial charge in [0.2, 0.25) is 0 Å². The number of halogens is 2. The zero-order valence-corrected chi connectivity index (χ0v) is 11.7. The predicted octanol–water partition coefficient (Wildman–Crippen LogP) is 4.67. The van der Waals surface area contributed by atoms with Gasteiger partial charge in [0, 0.05) is 17.4 Å². The minimum Gasteiger partial charge on any atom is -0.265 e. The minimum atomic E-state index is 0.411. The molecule has 0 aliphatic rings. The number of hydrogen-bond donors (Lipinski definition) is 0. The van der Waals surface area contributed by atoms with E-state index >= 15 is 0 Å². The third-order valence-electron chi connectivity index (χ3n) is 2.71. The third-order valence-corrected chi connectivity index (χ3v) is 3.54. The lowest BCUT2D eigenvalue weighted by Gasteiger charge is -2.06. The van der Waals surface area contributed by atoms with Gasteiger partial charge < -0.3 is 0 Å². The number of hydrogen-bond acceptors (Lipinski definition) is 2. The molecule has 0 unspecified atom stereocenters. The number of aromatic nitrogens is 1. The Labute approximate surface area is 121 Å². The Kier molecular flexibility index (Phi) is 4.21. The summed E-state index contributed by atoms with van der Waals surface area (Å²) in [5, 5.41) is 10.4. The van der Waals surface area contributed by atoms with Crippen LogP contribution in [0, 0.1) is 18.3 Å². The summed E-state index contributed by atoms with van der Waals surface area (Å²) < 4.78 is 0. The molecular formula is C15H10Cl2N2. The van der Waals surface area contributed by atoms with E-state index in [4.69, 9.17) is 23.2 Å². The molecule has 0 spiro atoms. The van der Waals surface area contributed by atoms with E-state index in [1.807, 2.05) is 13.0 Å². The highest BCUT2D eigenvalue weighted by Crippen LogP contribution is 2.30. The quantitative estimate of drug-likeness (QED) is 0.753. The highest BCUT2D eigenvalue weighted by Gasteiger charge is 2.10. The molecule has 0 N–H and O–H groups in total. The molecule has 0 radical (unpaired) electrons. The minimum absolute atomic E-state index is 0.411. The average molecular weight is 289 g/mol. The van der Waals surface area contributed by atoms with E-state index in [1.165, 1.54) is 0 Å². The van der Waals surface area contributed by atoms with Crippen molar-refractivity contribution in [1.29, 1.82) is 5.26 Å². The summed E-state index contributed by atoms with van der Waals surface area (Å²) in [4.78, 5) is 3.93. The van der Waals surface area contributed by atoms with Gasteiger partial charge in [-0.3, -0.25) is 4.98 Å². The number of aryl methyl sites for hydroxylation is 1. The molecule has 2 nitrogen and oxygen atoms in total. The van der Waals surface area contributed by atoms with Crippen LogP contribution in [0.2, 0.25) is 5.02 Å². The molecule has 1 heterocycles. The summed E-state index contributed by atoms with van der Waals surface area (Å²) in [7, 11) is 0. The highest BCUT2D eigenvalue weighted by atomic mass is 35.5. The van der Waals surface area contributed by atoms with Crippen LogP contribution in [0.15, 0.2) is 42.7 Å². The molecule has 94 valence electrons. The fraction of sp³-hybridized carbons (Fsp3) is 0.0667. The molecule has 1 aromatic carbocycles. The maximum Gasteiger partial charge on any atom is 0.101 e. The monoisotopic (exact) mass is 288 g/mol. The lowest BCUT2D eigenvalue weighted by Crippen LogP contribution is -1.88. The van der Waals surface area contributed by atoms with E-state index in [1.54, 1.807) is 36.7 Å². The molecule has 1 aromatic heterocycles. The molecule has 4 heteroatoms. The van der Waals surface area contributed by atoms with E-state index in [9.17, 15) is 5.26 Å². The Bertz CT molecular complexity index is 670. The summed E-state index contributed by atoms with van der Waals surface area (Å²) in [6.45, 7) is 1.90. The van der Waals surface area contributed by atoms with Crippen LogP contribution in [0.1, 0.15) is 16.7 Å². The van der Waals surface area contributed by atoms with Crippen LogP contribution in [0.5, 0.6) is 0 Å². The zero-order valence-electron chi connectivity index (χ0n) is 10.2. The number of pyridine rings is 1. The predicted molar refractivity (Wildman–Crippen MR) is 78.7 cm³/mol. The first-order valence-electron chi connectivity index (χ1n) is 5.60. The lowest BCUT2D eigenvalue weighted by atomic mass is 10.0. The van der Waals surface area contributed by atoms with Gasteiger partial charge in [-0.15, -0.1) is 0 Å². The molecule has 0 atom stereocenters. The van der Waals surface area contributed by atoms with Crippen LogP contribution >= 0.6 is 23.2 Å². The van der Waals surface area contributed by atoms with Crippen molar-refractivity contribution in [1.82, 2.24) is 4.98 Å². The van der Waals surface area contributed by atoms with Crippen molar-refractivity contribution in [2.45, 2.75) is 6.92 Å². The normalized spacial score (nSPS) is 11.7. The van der Waals surface area contributed by atoms with Gasteiger partial charge in [0.25, 0.3) is 0 Å². The standard InChI is InChI=1S/C15H10Cl2N2/c1-10-8-12(2-3-14(10)16)15(17)13(9-18)11-4-6-19-7-5-11/h2-8H,1H3/b15-13+.